The zero-order valence-electron chi connectivity index (χ0n) is 9.64. The van der Waals surface area contributed by atoms with Crippen LogP contribution in [-0.4, -0.2) is 16.6 Å². The van der Waals surface area contributed by atoms with Gasteiger partial charge in [-0.25, -0.2) is 4.98 Å². The monoisotopic (exact) mass is 322 g/mol. The molecule has 0 atom stereocenters. The van der Waals surface area contributed by atoms with Crippen molar-refractivity contribution in [2.24, 2.45) is 0 Å². The molecule has 0 amide bonds. The van der Waals surface area contributed by atoms with E-state index in [-0.39, 0.29) is 0 Å². The first kappa shape index (κ1) is 13.0. The van der Waals surface area contributed by atoms with Crippen LogP contribution >= 0.6 is 22.6 Å². The summed E-state index contributed by atoms with van der Waals surface area (Å²) < 4.78 is 6.58. The summed E-state index contributed by atoms with van der Waals surface area (Å²) in [5.41, 5.74) is 1.21. The second-order valence-corrected chi connectivity index (χ2v) is 4.97. The third kappa shape index (κ3) is 4.10. The topological polar surface area (TPSA) is 37.9 Å². The molecule has 0 bridgehead atoms. The number of H-pyrrole nitrogens is 1. The van der Waals surface area contributed by atoms with Crippen LogP contribution < -0.4 is 0 Å². The number of imidazole rings is 1. The maximum Gasteiger partial charge on any atom is 0.133 e. The number of hydrogen-bond acceptors (Lipinski definition) is 2. The summed E-state index contributed by atoms with van der Waals surface area (Å²) in [7, 11) is 0. The summed E-state index contributed by atoms with van der Waals surface area (Å²) in [5.74, 6) is 1.44. The van der Waals surface area contributed by atoms with Gasteiger partial charge in [-0.2, -0.15) is 0 Å². The zero-order chi connectivity index (χ0) is 11.3. The Balaban J connectivity index is 2.45. The minimum Gasteiger partial charge on any atom is -0.374 e. The van der Waals surface area contributed by atoms with Crippen molar-refractivity contribution in [1.82, 2.24) is 9.97 Å². The van der Waals surface area contributed by atoms with Crippen LogP contribution in [0.2, 0.25) is 0 Å². The van der Waals surface area contributed by atoms with Gasteiger partial charge in [-0.05, 0) is 34.9 Å². The first-order valence-corrected chi connectivity index (χ1v) is 6.55. The quantitative estimate of drug-likeness (QED) is 0.643. The second kappa shape index (κ2) is 6.48. The summed E-state index contributed by atoms with van der Waals surface area (Å²) in [6.07, 6.45) is 2.29. The van der Waals surface area contributed by atoms with Crippen molar-refractivity contribution < 1.29 is 4.74 Å². The minimum atomic E-state index is 0.494. The molecule has 1 aromatic rings. The number of hydrogen-bond donors (Lipinski definition) is 1. The fourth-order valence-electron chi connectivity index (χ4n) is 1.28. The van der Waals surface area contributed by atoms with Crippen molar-refractivity contribution >= 4 is 22.6 Å². The first-order chi connectivity index (χ1) is 7.15. The Morgan fingerprint density at radius 2 is 2.20 bits per heavy atom. The van der Waals surface area contributed by atoms with Crippen LogP contribution in [0.25, 0.3) is 0 Å². The normalized spacial score (nSPS) is 11.3. The second-order valence-electron chi connectivity index (χ2n) is 3.95. The molecular formula is C11H19IN2O. The Labute approximate surface area is 105 Å². The van der Waals surface area contributed by atoms with E-state index in [9.17, 15) is 0 Å². The van der Waals surface area contributed by atoms with Gasteiger partial charge in [0.1, 0.15) is 16.1 Å². The fraction of sp³-hybridized carbons (Fsp3) is 0.727. The first-order valence-electron chi connectivity index (χ1n) is 5.47. The third-order valence-electron chi connectivity index (χ3n) is 2.19. The number of aromatic nitrogens is 2. The molecule has 1 rings (SSSR count). The van der Waals surface area contributed by atoms with Gasteiger partial charge in [-0.15, -0.1) is 0 Å². The Kier molecular flexibility index (Phi) is 5.60. The molecule has 0 spiro atoms. The lowest BCUT2D eigenvalue weighted by Crippen LogP contribution is -1.97. The smallest absolute Gasteiger partial charge is 0.133 e. The summed E-state index contributed by atoms with van der Waals surface area (Å²) >= 11 is 2.27. The molecule has 0 aliphatic heterocycles. The SMILES string of the molecule is CCCCOCc1nc(I)c(C(C)C)[nH]1. The van der Waals surface area contributed by atoms with Crippen molar-refractivity contribution in [3.63, 3.8) is 0 Å². The lowest BCUT2D eigenvalue weighted by molar-refractivity contribution is 0.113. The van der Waals surface area contributed by atoms with E-state index in [1.807, 2.05) is 0 Å². The predicted molar refractivity (Wildman–Crippen MR) is 70.0 cm³/mol. The van der Waals surface area contributed by atoms with Crippen molar-refractivity contribution in [2.45, 2.75) is 46.1 Å². The van der Waals surface area contributed by atoms with E-state index < -0.39 is 0 Å². The molecule has 0 aromatic carbocycles. The van der Waals surface area contributed by atoms with Crippen LogP contribution in [0.5, 0.6) is 0 Å². The molecule has 0 aliphatic carbocycles. The molecule has 3 nitrogen and oxygen atoms in total. The van der Waals surface area contributed by atoms with E-state index >= 15 is 0 Å². The highest BCUT2D eigenvalue weighted by Gasteiger charge is 2.10. The lowest BCUT2D eigenvalue weighted by atomic mass is 10.2. The third-order valence-corrected chi connectivity index (χ3v) is 3.01. The number of rotatable bonds is 6. The Hall–Kier alpha value is -0.100. The van der Waals surface area contributed by atoms with Crippen LogP contribution in [-0.2, 0) is 11.3 Å². The van der Waals surface area contributed by atoms with Gasteiger partial charge >= 0.3 is 0 Å². The van der Waals surface area contributed by atoms with Gasteiger partial charge in [0.15, 0.2) is 0 Å². The Morgan fingerprint density at radius 1 is 1.47 bits per heavy atom. The highest BCUT2D eigenvalue weighted by atomic mass is 127. The number of unbranched alkanes of at least 4 members (excludes halogenated alkanes) is 1. The summed E-state index contributed by atoms with van der Waals surface area (Å²) in [4.78, 5) is 7.75. The van der Waals surface area contributed by atoms with Crippen molar-refractivity contribution in [3.8, 4) is 0 Å². The van der Waals surface area contributed by atoms with Gasteiger partial charge in [0.05, 0.1) is 5.69 Å². The van der Waals surface area contributed by atoms with E-state index in [2.05, 4.69) is 53.3 Å². The fourth-order valence-corrected chi connectivity index (χ4v) is 2.33. The number of halogens is 1. The van der Waals surface area contributed by atoms with Gasteiger partial charge in [0, 0.05) is 6.61 Å². The van der Waals surface area contributed by atoms with Crippen molar-refractivity contribution in [3.05, 3.63) is 15.2 Å². The largest absolute Gasteiger partial charge is 0.374 e. The van der Waals surface area contributed by atoms with E-state index in [0.717, 1.165) is 22.6 Å². The number of aromatic amines is 1. The molecule has 0 saturated heterocycles. The minimum absolute atomic E-state index is 0.494. The van der Waals surface area contributed by atoms with Crippen LogP contribution in [0.3, 0.4) is 0 Å². The molecule has 0 radical (unpaired) electrons. The van der Waals surface area contributed by atoms with Crippen molar-refractivity contribution in [1.29, 1.82) is 0 Å². The molecule has 1 N–H and O–H groups in total. The Morgan fingerprint density at radius 3 is 2.73 bits per heavy atom. The van der Waals surface area contributed by atoms with Gasteiger partial charge in [0.2, 0.25) is 0 Å². The zero-order valence-corrected chi connectivity index (χ0v) is 11.8. The number of nitrogens with zero attached hydrogens (tertiary/aromatic N) is 1. The van der Waals surface area contributed by atoms with Crippen LogP contribution in [0.1, 0.15) is 51.0 Å². The Bertz CT molecular complexity index is 297. The molecule has 15 heavy (non-hydrogen) atoms. The van der Waals surface area contributed by atoms with Crippen LogP contribution in [0.15, 0.2) is 0 Å². The molecule has 4 heteroatoms. The molecule has 1 heterocycles. The maximum absolute atomic E-state index is 5.51. The summed E-state index contributed by atoms with van der Waals surface area (Å²) in [5, 5.41) is 0. The molecular weight excluding hydrogens is 303 g/mol. The molecule has 0 fully saturated rings. The highest BCUT2D eigenvalue weighted by molar-refractivity contribution is 14.1. The summed E-state index contributed by atoms with van der Waals surface area (Å²) in [6, 6.07) is 0. The highest BCUT2D eigenvalue weighted by Crippen LogP contribution is 2.18. The number of nitrogens with one attached hydrogen (secondary N) is 1. The summed E-state index contributed by atoms with van der Waals surface area (Å²) in [6.45, 7) is 7.92. The van der Waals surface area contributed by atoms with E-state index in [1.165, 1.54) is 12.1 Å². The standard InChI is InChI=1S/C11H19IN2O/c1-4-5-6-15-7-9-13-10(8(2)3)11(12)14-9/h8H,4-7H2,1-3H3,(H,13,14). The molecule has 0 saturated carbocycles. The van der Waals surface area contributed by atoms with Crippen LogP contribution in [0, 0.1) is 3.70 Å². The predicted octanol–water partition coefficient (Wildman–Crippen LogP) is 3.45. The molecule has 0 aliphatic rings. The van der Waals surface area contributed by atoms with Gasteiger partial charge in [-0.1, -0.05) is 27.2 Å². The van der Waals surface area contributed by atoms with E-state index in [1.54, 1.807) is 0 Å². The number of ether oxygens (including phenoxy) is 1. The molecule has 1 aromatic heterocycles. The van der Waals surface area contributed by atoms with Gasteiger partial charge in [-0.3, -0.25) is 0 Å². The maximum atomic E-state index is 5.51. The molecule has 0 unspecified atom stereocenters. The van der Waals surface area contributed by atoms with Crippen LogP contribution in [0.4, 0.5) is 0 Å². The average Bonchev–Trinajstić information content (AvgIpc) is 2.55. The van der Waals surface area contributed by atoms with Crippen molar-refractivity contribution in [2.75, 3.05) is 6.61 Å². The van der Waals surface area contributed by atoms with Gasteiger partial charge < -0.3 is 9.72 Å². The van der Waals surface area contributed by atoms with Gasteiger partial charge in [0.25, 0.3) is 0 Å². The average molecular weight is 322 g/mol. The van der Waals surface area contributed by atoms with E-state index in [4.69, 9.17) is 4.74 Å². The van der Waals surface area contributed by atoms with E-state index in [0.29, 0.717) is 12.5 Å². The molecule has 86 valence electrons. The lowest BCUT2D eigenvalue weighted by Gasteiger charge is -2.01.